The summed E-state index contributed by atoms with van der Waals surface area (Å²) in [6, 6.07) is 0. The number of nitrogens with two attached hydrogens (primary N) is 1. The van der Waals surface area contributed by atoms with E-state index in [9.17, 15) is 4.79 Å². The summed E-state index contributed by atoms with van der Waals surface area (Å²) in [5.41, 5.74) is 5.90. The summed E-state index contributed by atoms with van der Waals surface area (Å²) in [5, 5.41) is 2.87. The average Bonchev–Trinajstić information content (AvgIpc) is 2.22. The highest BCUT2D eigenvalue weighted by Gasteiger charge is 1.99. The van der Waals surface area contributed by atoms with Crippen molar-refractivity contribution in [2.45, 2.75) is 13.3 Å². The molecule has 16 heavy (non-hydrogen) atoms. The van der Waals surface area contributed by atoms with Gasteiger partial charge in [-0.3, -0.25) is 4.79 Å². The molecule has 0 unspecified atom stereocenters. The largest absolute Gasteiger partial charge is 0.381 e. The van der Waals surface area contributed by atoms with Crippen LogP contribution in [0.4, 0.5) is 5.82 Å². The lowest BCUT2D eigenvalue weighted by molar-refractivity contribution is -0.118. The molecule has 1 aromatic heterocycles. The quantitative estimate of drug-likeness (QED) is 0.584. The standard InChI is InChI=1S/C10H11ClN4O/c1-7(16)13-5-3-2-4-8-10(12)14-6-9(11)15-8/h6H,3,5H2,1H3,(H2,12,14)(H,13,16). The van der Waals surface area contributed by atoms with Gasteiger partial charge in [0.25, 0.3) is 0 Å². The van der Waals surface area contributed by atoms with Crippen LogP contribution in [0.1, 0.15) is 19.0 Å². The van der Waals surface area contributed by atoms with Gasteiger partial charge < -0.3 is 11.1 Å². The fourth-order valence-corrected chi connectivity index (χ4v) is 1.05. The summed E-state index contributed by atoms with van der Waals surface area (Å²) in [5.74, 6) is 5.73. The zero-order chi connectivity index (χ0) is 12.0. The number of hydrogen-bond acceptors (Lipinski definition) is 4. The molecule has 0 fully saturated rings. The first-order valence-corrected chi connectivity index (χ1v) is 4.98. The van der Waals surface area contributed by atoms with E-state index < -0.39 is 0 Å². The van der Waals surface area contributed by atoms with Crippen molar-refractivity contribution in [3.63, 3.8) is 0 Å². The summed E-state index contributed by atoms with van der Waals surface area (Å²) >= 11 is 5.64. The van der Waals surface area contributed by atoms with Crippen LogP contribution in [-0.4, -0.2) is 22.4 Å². The zero-order valence-corrected chi connectivity index (χ0v) is 9.51. The molecule has 0 aliphatic rings. The Morgan fingerprint density at radius 3 is 3.12 bits per heavy atom. The predicted octanol–water partition coefficient (Wildman–Crippen LogP) is 0.590. The van der Waals surface area contributed by atoms with Gasteiger partial charge in [0, 0.05) is 19.9 Å². The third-order valence-corrected chi connectivity index (χ3v) is 1.78. The van der Waals surface area contributed by atoms with Crippen molar-refractivity contribution in [2.75, 3.05) is 12.3 Å². The molecule has 0 aliphatic carbocycles. The van der Waals surface area contributed by atoms with E-state index >= 15 is 0 Å². The number of anilines is 1. The molecule has 1 aromatic rings. The molecule has 0 spiro atoms. The lowest BCUT2D eigenvalue weighted by atomic mass is 10.3. The molecular formula is C10H11ClN4O. The third-order valence-electron chi connectivity index (χ3n) is 1.60. The van der Waals surface area contributed by atoms with Crippen molar-refractivity contribution < 1.29 is 4.79 Å². The molecule has 1 heterocycles. The predicted molar refractivity (Wildman–Crippen MR) is 61.6 cm³/mol. The van der Waals surface area contributed by atoms with Gasteiger partial charge >= 0.3 is 0 Å². The van der Waals surface area contributed by atoms with E-state index in [4.69, 9.17) is 17.3 Å². The van der Waals surface area contributed by atoms with Gasteiger partial charge in [-0.15, -0.1) is 0 Å². The third kappa shape index (κ3) is 4.15. The molecule has 3 N–H and O–H groups in total. The summed E-state index contributed by atoms with van der Waals surface area (Å²) in [4.78, 5) is 18.3. The van der Waals surface area contributed by atoms with Gasteiger partial charge in [-0.1, -0.05) is 17.5 Å². The van der Waals surface area contributed by atoms with Crippen molar-refractivity contribution >= 4 is 23.3 Å². The first kappa shape index (κ1) is 12.3. The van der Waals surface area contributed by atoms with Gasteiger partial charge in [-0.2, -0.15) is 0 Å². The van der Waals surface area contributed by atoms with Crippen molar-refractivity contribution in [3.05, 3.63) is 17.0 Å². The first-order chi connectivity index (χ1) is 7.59. The normalized spacial score (nSPS) is 9.12. The topological polar surface area (TPSA) is 80.9 Å². The van der Waals surface area contributed by atoms with Crippen LogP contribution >= 0.6 is 11.6 Å². The molecule has 0 aromatic carbocycles. The van der Waals surface area contributed by atoms with Gasteiger partial charge in [-0.25, -0.2) is 9.97 Å². The van der Waals surface area contributed by atoms with E-state index in [0.717, 1.165) is 0 Å². The summed E-state index contributed by atoms with van der Waals surface area (Å²) in [6.45, 7) is 1.95. The minimum Gasteiger partial charge on any atom is -0.381 e. The molecule has 0 saturated heterocycles. The summed E-state index contributed by atoms with van der Waals surface area (Å²) in [6.07, 6.45) is 1.88. The van der Waals surface area contributed by atoms with Crippen molar-refractivity contribution in [3.8, 4) is 11.8 Å². The van der Waals surface area contributed by atoms with E-state index in [-0.39, 0.29) is 16.9 Å². The minimum atomic E-state index is -0.0798. The molecule has 84 valence electrons. The number of carbonyl (C=O) groups is 1. The maximum atomic E-state index is 10.6. The number of nitrogen functional groups attached to an aromatic ring is 1. The first-order valence-electron chi connectivity index (χ1n) is 4.61. The Bertz CT molecular complexity index is 450. The molecule has 0 radical (unpaired) electrons. The maximum absolute atomic E-state index is 10.6. The van der Waals surface area contributed by atoms with Crippen molar-refractivity contribution in [1.29, 1.82) is 0 Å². The number of halogens is 1. The van der Waals surface area contributed by atoms with Crippen LogP contribution in [0.15, 0.2) is 6.20 Å². The second-order valence-electron chi connectivity index (χ2n) is 2.96. The number of nitrogens with zero attached hydrogens (tertiary/aromatic N) is 2. The monoisotopic (exact) mass is 238 g/mol. The number of nitrogens with one attached hydrogen (secondary N) is 1. The van der Waals surface area contributed by atoms with Gasteiger partial charge in [0.1, 0.15) is 5.15 Å². The highest BCUT2D eigenvalue weighted by atomic mass is 35.5. The minimum absolute atomic E-state index is 0.0798. The maximum Gasteiger partial charge on any atom is 0.216 e. The van der Waals surface area contributed by atoms with Gasteiger partial charge in [0.15, 0.2) is 11.5 Å². The number of rotatable bonds is 2. The Hall–Kier alpha value is -1.80. The molecule has 1 rings (SSSR count). The molecule has 0 aliphatic heterocycles. The van der Waals surface area contributed by atoms with Crippen LogP contribution in [0.2, 0.25) is 5.15 Å². The highest BCUT2D eigenvalue weighted by Crippen LogP contribution is 2.07. The van der Waals surface area contributed by atoms with E-state index in [1.807, 2.05) is 0 Å². The molecule has 1 amide bonds. The lowest BCUT2D eigenvalue weighted by Gasteiger charge is -1.96. The van der Waals surface area contributed by atoms with Crippen LogP contribution in [-0.2, 0) is 4.79 Å². The molecule has 5 nitrogen and oxygen atoms in total. The molecule has 6 heteroatoms. The smallest absolute Gasteiger partial charge is 0.216 e. The van der Waals surface area contributed by atoms with E-state index in [2.05, 4.69) is 27.1 Å². The van der Waals surface area contributed by atoms with Crippen LogP contribution in [0.3, 0.4) is 0 Å². The van der Waals surface area contributed by atoms with Crippen LogP contribution in [0, 0.1) is 11.8 Å². The Kier molecular flexibility index (Phi) is 4.55. The van der Waals surface area contributed by atoms with Crippen molar-refractivity contribution in [1.82, 2.24) is 15.3 Å². The number of hydrogen-bond donors (Lipinski definition) is 2. The fourth-order valence-electron chi connectivity index (χ4n) is 0.916. The lowest BCUT2D eigenvalue weighted by Crippen LogP contribution is -2.20. The van der Waals surface area contributed by atoms with Crippen LogP contribution in [0.5, 0.6) is 0 Å². The summed E-state index contributed by atoms with van der Waals surface area (Å²) < 4.78 is 0. The fraction of sp³-hybridized carbons (Fsp3) is 0.300. The highest BCUT2D eigenvalue weighted by molar-refractivity contribution is 6.29. The summed E-state index contributed by atoms with van der Waals surface area (Å²) in [7, 11) is 0. The molecular weight excluding hydrogens is 228 g/mol. The Balaban J connectivity index is 2.56. The van der Waals surface area contributed by atoms with E-state index in [1.165, 1.54) is 13.1 Å². The van der Waals surface area contributed by atoms with Crippen LogP contribution < -0.4 is 11.1 Å². The van der Waals surface area contributed by atoms with Crippen molar-refractivity contribution in [2.24, 2.45) is 0 Å². The second-order valence-corrected chi connectivity index (χ2v) is 3.35. The average molecular weight is 239 g/mol. The Morgan fingerprint density at radius 2 is 2.44 bits per heavy atom. The van der Waals surface area contributed by atoms with E-state index in [0.29, 0.717) is 18.7 Å². The molecule has 0 bridgehead atoms. The Labute approximate surface area is 98.4 Å². The molecule has 0 atom stereocenters. The SMILES string of the molecule is CC(=O)NCCC#Cc1nc(Cl)cnc1N. The van der Waals surface area contributed by atoms with Gasteiger partial charge in [0.05, 0.1) is 6.20 Å². The second kappa shape index (κ2) is 5.93. The van der Waals surface area contributed by atoms with Gasteiger partial charge in [0.2, 0.25) is 5.91 Å². The Morgan fingerprint density at radius 1 is 1.69 bits per heavy atom. The number of amides is 1. The van der Waals surface area contributed by atoms with Gasteiger partial charge in [-0.05, 0) is 5.92 Å². The number of carbonyl (C=O) groups excluding carboxylic acids is 1. The number of aromatic nitrogens is 2. The molecule has 0 saturated carbocycles. The zero-order valence-electron chi connectivity index (χ0n) is 8.75. The van der Waals surface area contributed by atoms with Crippen LogP contribution in [0.25, 0.3) is 0 Å². The van der Waals surface area contributed by atoms with E-state index in [1.54, 1.807) is 0 Å².